The van der Waals surface area contributed by atoms with Crippen LogP contribution in [0.1, 0.15) is 11.1 Å². The predicted octanol–water partition coefficient (Wildman–Crippen LogP) is 3.21. The number of aromatic nitrogens is 2. The van der Waals surface area contributed by atoms with Crippen molar-refractivity contribution in [2.45, 2.75) is 13.1 Å². The highest BCUT2D eigenvalue weighted by atomic mass is 16.5. The maximum absolute atomic E-state index is 5.52. The van der Waals surface area contributed by atoms with Crippen molar-refractivity contribution in [3.8, 4) is 17.2 Å². The summed E-state index contributed by atoms with van der Waals surface area (Å²) in [6.07, 6.45) is 5.59. The summed E-state index contributed by atoms with van der Waals surface area (Å²) in [4.78, 5) is 9.11. The molecule has 0 aliphatic carbocycles. The molecule has 3 aromatic rings. The van der Waals surface area contributed by atoms with Gasteiger partial charge in [-0.05, 0) is 35.9 Å². The molecule has 4 rings (SSSR count). The summed E-state index contributed by atoms with van der Waals surface area (Å²) >= 11 is 0. The van der Waals surface area contributed by atoms with E-state index in [1.165, 1.54) is 11.1 Å². The van der Waals surface area contributed by atoms with Crippen LogP contribution in [-0.4, -0.2) is 59.7 Å². The zero-order chi connectivity index (χ0) is 20.1. The third kappa shape index (κ3) is 4.78. The molecule has 1 aliphatic rings. The van der Waals surface area contributed by atoms with E-state index in [1.807, 2.05) is 29.2 Å². The molecule has 0 bridgehead atoms. The van der Waals surface area contributed by atoms with Crippen LogP contribution in [-0.2, 0) is 13.1 Å². The van der Waals surface area contributed by atoms with Crippen molar-refractivity contribution in [3.05, 3.63) is 72.3 Å². The molecule has 0 radical (unpaired) electrons. The lowest BCUT2D eigenvalue weighted by Crippen LogP contribution is -2.45. The van der Waals surface area contributed by atoms with E-state index in [0.717, 1.165) is 56.5 Å². The zero-order valence-electron chi connectivity index (χ0n) is 17.1. The molecule has 0 atom stereocenters. The van der Waals surface area contributed by atoms with Gasteiger partial charge in [0.15, 0.2) is 0 Å². The second kappa shape index (κ2) is 9.11. The average molecular weight is 393 g/mol. The van der Waals surface area contributed by atoms with Gasteiger partial charge in [0.2, 0.25) is 0 Å². The Morgan fingerprint density at radius 1 is 0.862 bits per heavy atom. The van der Waals surface area contributed by atoms with E-state index < -0.39 is 0 Å². The lowest BCUT2D eigenvalue weighted by atomic mass is 10.1. The van der Waals surface area contributed by atoms with Crippen LogP contribution < -0.4 is 9.47 Å². The molecule has 2 heterocycles. The van der Waals surface area contributed by atoms with Gasteiger partial charge in [-0.2, -0.15) is 0 Å². The third-order valence-corrected chi connectivity index (χ3v) is 5.49. The molecule has 2 aromatic carbocycles. The Balaban J connectivity index is 1.31. The lowest BCUT2D eigenvalue weighted by Gasteiger charge is -2.35. The van der Waals surface area contributed by atoms with Crippen molar-refractivity contribution in [1.82, 2.24) is 19.4 Å². The molecule has 1 saturated heterocycles. The van der Waals surface area contributed by atoms with Crippen LogP contribution in [0.25, 0.3) is 5.69 Å². The first-order chi connectivity index (χ1) is 14.2. The Morgan fingerprint density at radius 3 is 2.21 bits per heavy atom. The third-order valence-electron chi connectivity index (χ3n) is 5.49. The van der Waals surface area contributed by atoms with Crippen molar-refractivity contribution in [2.75, 3.05) is 40.4 Å². The molecule has 29 heavy (non-hydrogen) atoms. The van der Waals surface area contributed by atoms with E-state index in [2.05, 4.69) is 45.1 Å². The van der Waals surface area contributed by atoms with Crippen LogP contribution in [0.2, 0.25) is 0 Å². The van der Waals surface area contributed by atoms with Crippen LogP contribution >= 0.6 is 0 Å². The number of ether oxygens (including phenoxy) is 2. The maximum Gasteiger partial charge on any atom is 0.123 e. The number of piperazine rings is 1. The largest absolute Gasteiger partial charge is 0.497 e. The molecule has 1 aliphatic heterocycles. The number of hydrogen-bond donors (Lipinski definition) is 0. The first kappa shape index (κ1) is 19.5. The van der Waals surface area contributed by atoms with E-state index in [4.69, 9.17) is 9.47 Å². The Hall–Kier alpha value is -2.83. The van der Waals surface area contributed by atoms with Crippen LogP contribution in [0.5, 0.6) is 11.5 Å². The second-order valence-electron chi connectivity index (χ2n) is 7.37. The lowest BCUT2D eigenvalue weighted by molar-refractivity contribution is 0.121. The summed E-state index contributed by atoms with van der Waals surface area (Å²) in [5, 5.41) is 0. The quantitative estimate of drug-likeness (QED) is 0.618. The van der Waals surface area contributed by atoms with Crippen molar-refractivity contribution < 1.29 is 9.47 Å². The van der Waals surface area contributed by atoms with Gasteiger partial charge < -0.3 is 14.0 Å². The molecule has 0 amide bonds. The number of hydrogen-bond acceptors (Lipinski definition) is 5. The van der Waals surface area contributed by atoms with E-state index in [1.54, 1.807) is 20.4 Å². The van der Waals surface area contributed by atoms with Crippen molar-refractivity contribution >= 4 is 0 Å². The summed E-state index contributed by atoms with van der Waals surface area (Å²) in [6.45, 7) is 6.10. The molecule has 0 saturated carbocycles. The zero-order valence-corrected chi connectivity index (χ0v) is 17.1. The number of rotatable bonds is 7. The molecule has 152 valence electrons. The number of methoxy groups -OCH3 is 2. The summed E-state index contributed by atoms with van der Waals surface area (Å²) in [6, 6.07) is 14.7. The fraction of sp³-hybridized carbons (Fsp3) is 0.348. The Labute approximate surface area is 172 Å². The number of imidazole rings is 1. The van der Waals surface area contributed by atoms with Gasteiger partial charge in [0.25, 0.3) is 0 Å². The minimum absolute atomic E-state index is 0.874. The first-order valence-electron chi connectivity index (χ1n) is 9.98. The van der Waals surface area contributed by atoms with E-state index in [0.29, 0.717) is 0 Å². The molecule has 6 heteroatoms. The molecule has 0 unspecified atom stereocenters. The molecule has 0 N–H and O–H groups in total. The van der Waals surface area contributed by atoms with Gasteiger partial charge in [-0.3, -0.25) is 9.80 Å². The number of benzene rings is 2. The monoisotopic (exact) mass is 392 g/mol. The van der Waals surface area contributed by atoms with Crippen LogP contribution in [0.15, 0.2) is 61.2 Å². The Kier molecular flexibility index (Phi) is 6.12. The predicted molar refractivity (Wildman–Crippen MR) is 114 cm³/mol. The number of nitrogens with zero attached hydrogens (tertiary/aromatic N) is 4. The van der Waals surface area contributed by atoms with Gasteiger partial charge in [0, 0.05) is 62.9 Å². The summed E-state index contributed by atoms with van der Waals surface area (Å²) in [5.74, 6) is 1.80. The van der Waals surface area contributed by atoms with E-state index in [-0.39, 0.29) is 0 Å². The summed E-state index contributed by atoms with van der Waals surface area (Å²) in [7, 11) is 3.42. The van der Waals surface area contributed by atoms with Crippen molar-refractivity contribution in [2.24, 2.45) is 0 Å². The summed E-state index contributed by atoms with van der Waals surface area (Å²) < 4.78 is 12.9. The van der Waals surface area contributed by atoms with E-state index in [9.17, 15) is 0 Å². The van der Waals surface area contributed by atoms with Gasteiger partial charge in [0.1, 0.15) is 11.5 Å². The Morgan fingerprint density at radius 2 is 1.59 bits per heavy atom. The smallest absolute Gasteiger partial charge is 0.123 e. The van der Waals surface area contributed by atoms with Gasteiger partial charge >= 0.3 is 0 Å². The first-order valence-corrected chi connectivity index (χ1v) is 9.98. The average Bonchev–Trinajstić information content (AvgIpc) is 3.30. The standard InChI is InChI=1S/C23H28N4O2/c1-28-22-7-8-23(29-2)20(15-22)17-26-13-11-25(12-14-26)16-19-3-5-21(6-4-19)27-10-9-24-18-27/h3-10,15,18H,11-14,16-17H2,1-2H3. The SMILES string of the molecule is COc1ccc(OC)c(CN2CCN(Cc3ccc(-n4ccnc4)cc3)CC2)c1. The van der Waals surface area contributed by atoms with Crippen molar-refractivity contribution in [3.63, 3.8) is 0 Å². The fourth-order valence-corrected chi connectivity index (χ4v) is 3.80. The molecular weight excluding hydrogens is 364 g/mol. The normalized spacial score (nSPS) is 15.4. The maximum atomic E-state index is 5.52. The fourth-order valence-electron chi connectivity index (χ4n) is 3.80. The van der Waals surface area contributed by atoms with E-state index >= 15 is 0 Å². The highest BCUT2D eigenvalue weighted by molar-refractivity contribution is 5.40. The van der Waals surface area contributed by atoms with Crippen LogP contribution in [0.3, 0.4) is 0 Å². The van der Waals surface area contributed by atoms with Gasteiger partial charge in [-0.1, -0.05) is 12.1 Å². The minimum Gasteiger partial charge on any atom is -0.497 e. The van der Waals surface area contributed by atoms with Crippen LogP contribution in [0, 0.1) is 0 Å². The highest BCUT2D eigenvalue weighted by Crippen LogP contribution is 2.25. The summed E-state index contributed by atoms with van der Waals surface area (Å²) in [5.41, 5.74) is 3.66. The minimum atomic E-state index is 0.874. The molecule has 6 nitrogen and oxygen atoms in total. The highest BCUT2D eigenvalue weighted by Gasteiger charge is 2.18. The molecule has 0 spiro atoms. The Bertz CT molecular complexity index is 901. The second-order valence-corrected chi connectivity index (χ2v) is 7.37. The molecular formula is C23H28N4O2. The van der Waals surface area contributed by atoms with Crippen LogP contribution in [0.4, 0.5) is 0 Å². The topological polar surface area (TPSA) is 42.8 Å². The van der Waals surface area contributed by atoms with Gasteiger partial charge in [0.05, 0.1) is 20.5 Å². The van der Waals surface area contributed by atoms with Gasteiger partial charge in [-0.15, -0.1) is 0 Å². The van der Waals surface area contributed by atoms with Crippen molar-refractivity contribution in [1.29, 1.82) is 0 Å². The van der Waals surface area contributed by atoms with Gasteiger partial charge in [-0.25, -0.2) is 4.98 Å². The molecule has 1 fully saturated rings. The molecule has 1 aromatic heterocycles.